The van der Waals surface area contributed by atoms with Crippen LogP contribution in [0.25, 0.3) is 0 Å². The first-order chi connectivity index (χ1) is 7.52. The van der Waals surface area contributed by atoms with Gasteiger partial charge in [-0.05, 0) is 13.1 Å². The van der Waals surface area contributed by atoms with E-state index in [4.69, 9.17) is 11.6 Å². The van der Waals surface area contributed by atoms with Crippen LogP contribution in [0.2, 0.25) is 5.15 Å². The number of rotatable bonds is 5. The predicted molar refractivity (Wildman–Crippen MR) is 61.5 cm³/mol. The summed E-state index contributed by atoms with van der Waals surface area (Å²) < 4.78 is 1.61. The number of likely N-dealkylation sites (N-methyl/N-ethyl adjacent to an activating group) is 1. The highest BCUT2D eigenvalue weighted by Crippen LogP contribution is 2.25. The lowest BCUT2D eigenvalue weighted by molar-refractivity contribution is -0.143. The number of imidazole rings is 1. The van der Waals surface area contributed by atoms with Crippen molar-refractivity contribution in [2.24, 2.45) is 7.05 Å². The molecule has 1 atom stereocenters. The Morgan fingerprint density at radius 1 is 1.62 bits per heavy atom. The van der Waals surface area contributed by atoms with Crippen LogP contribution in [0, 0.1) is 0 Å². The summed E-state index contributed by atoms with van der Waals surface area (Å²) in [5.74, 6) is -0.927. The quantitative estimate of drug-likeness (QED) is 0.855. The molecule has 1 aromatic rings. The Labute approximate surface area is 99.6 Å². The van der Waals surface area contributed by atoms with E-state index in [9.17, 15) is 9.90 Å². The third-order valence-corrected chi connectivity index (χ3v) is 3.02. The molecule has 1 N–H and O–H groups in total. The van der Waals surface area contributed by atoms with Crippen LogP contribution in [-0.4, -0.2) is 38.6 Å². The molecule has 90 valence electrons. The fourth-order valence-corrected chi connectivity index (χ4v) is 1.85. The molecule has 16 heavy (non-hydrogen) atoms. The first-order valence-corrected chi connectivity index (χ1v) is 5.54. The topological polar surface area (TPSA) is 58.4 Å². The zero-order chi connectivity index (χ0) is 12.3. The third-order valence-electron chi connectivity index (χ3n) is 2.56. The predicted octanol–water partition coefficient (Wildman–Crippen LogP) is 1.54. The zero-order valence-corrected chi connectivity index (χ0v) is 10.4. The van der Waals surface area contributed by atoms with Gasteiger partial charge in [-0.3, -0.25) is 9.69 Å². The van der Waals surface area contributed by atoms with Crippen molar-refractivity contribution in [1.82, 2.24) is 14.5 Å². The fraction of sp³-hybridized carbons (Fsp3) is 0.600. The molecular formula is C10H16ClN3O2. The Morgan fingerprint density at radius 2 is 2.19 bits per heavy atom. The molecule has 6 heteroatoms. The third kappa shape index (κ3) is 2.36. The van der Waals surface area contributed by atoms with Crippen LogP contribution < -0.4 is 0 Å². The second-order valence-electron chi connectivity index (χ2n) is 3.49. The van der Waals surface area contributed by atoms with Crippen LogP contribution in [0.4, 0.5) is 0 Å². The summed E-state index contributed by atoms with van der Waals surface area (Å²) in [6.45, 7) is 5.10. The van der Waals surface area contributed by atoms with Crippen molar-refractivity contribution in [1.29, 1.82) is 0 Å². The molecule has 0 amide bonds. The summed E-state index contributed by atoms with van der Waals surface area (Å²) in [4.78, 5) is 17.1. The van der Waals surface area contributed by atoms with Gasteiger partial charge in [-0.1, -0.05) is 25.4 Å². The van der Waals surface area contributed by atoms with E-state index in [2.05, 4.69) is 4.98 Å². The maximum absolute atomic E-state index is 11.3. The van der Waals surface area contributed by atoms with Gasteiger partial charge in [0.25, 0.3) is 0 Å². The number of aryl methyl sites for hydroxylation is 1. The summed E-state index contributed by atoms with van der Waals surface area (Å²) in [7, 11) is 1.74. The number of aromatic nitrogens is 2. The first kappa shape index (κ1) is 13.0. The summed E-state index contributed by atoms with van der Waals surface area (Å²) in [6, 6.07) is -0.774. The lowest BCUT2D eigenvalue weighted by Crippen LogP contribution is -2.34. The zero-order valence-electron chi connectivity index (χ0n) is 9.64. The maximum Gasteiger partial charge on any atom is 0.327 e. The molecule has 5 nitrogen and oxygen atoms in total. The van der Waals surface area contributed by atoms with Crippen molar-refractivity contribution >= 4 is 17.6 Å². The minimum Gasteiger partial charge on any atom is -0.480 e. The molecule has 0 aromatic carbocycles. The maximum atomic E-state index is 11.3. The highest BCUT2D eigenvalue weighted by molar-refractivity contribution is 6.30. The molecule has 0 spiro atoms. The van der Waals surface area contributed by atoms with Gasteiger partial charge in [-0.25, -0.2) is 4.98 Å². The fourth-order valence-electron chi connectivity index (χ4n) is 1.65. The van der Waals surface area contributed by atoms with E-state index in [0.717, 1.165) is 0 Å². The Morgan fingerprint density at radius 3 is 2.50 bits per heavy atom. The summed E-state index contributed by atoms with van der Waals surface area (Å²) in [6.07, 6.45) is 1.52. The number of carboxylic acids is 1. The molecule has 0 aliphatic heterocycles. The van der Waals surface area contributed by atoms with Gasteiger partial charge in [0.05, 0.1) is 6.33 Å². The normalized spacial score (nSPS) is 13.1. The van der Waals surface area contributed by atoms with Crippen LogP contribution >= 0.6 is 11.6 Å². The SMILES string of the molecule is CCN(CC)C(C(=O)O)c1ncn(C)c1Cl. The van der Waals surface area contributed by atoms with Crippen LogP contribution in [-0.2, 0) is 11.8 Å². The van der Waals surface area contributed by atoms with Gasteiger partial charge in [0.2, 0.25) is 0 Å². The second kappa shape index (κ2) is 5.32. The van der Waals surface area contributed by atoms with E-state index in [-0.39, 0.29) is 0 Å². The average Bonchev–Trinajstić information content (AvgIpc) is 2.56. The molecule has 0 bridgehead atoms. The number of carboxylic acid groups (broad SMARTS) is 1. The molecule has 1 rings (SSSR count). The van der Waals surface area contributed by atoms with Gasteiger partial charge in [0, 0.05) is 7.05 Å². The van der Waals surface area contributed by atoms with Crippen molar-refractivity contribution in [2.45, 2.75) is 19.9 Å². The van der Waals surface area contributed by atoms with Gasteiger partial charge in [0.15, 0.2) is 6.04 Å². The Hall–Kier alpha value is -1.07. The van der Waals surface area contributed by atoms with E-state index in [1.165, 1.54) is 6.33 Å². The number of hydrogen-bond acceptors (Lipinski definition) is 3. The number of nitrogens with zero attached hydrogens (tertiary/aromatic N) is 3. The Bertz CT molecular complexity index is 374. The van der Waals surface area contributed by atoms with Crippen LogP contribution in [0.5, 0.6) is 0 Å². The lowest BCUT2D eigenvalue weighted by Gasteiger charge is -2.24. The number of halogens is 1. The molecule has 0 radical (unpaired) electrons. The van der Waals surface area contributed by atoms with Crippen molar-refractivity contribution in [3.8, 4) is 0 Å². The molecule has 1 unspecified atom stereocenters. The standard InChI is InChI=1S/C10H16ClN3O2/c1-4-14(5-2)8(10(15)16)7-9(11)13(3)6-12-7/h6,8H,4-5H2,1-3H3,(H,15,16). The highest BCUT2D eigenvalue weighted by atomic mass is 35.5. The van der Waals surface area contributed by atoms with E-state index in [1.807, 2.05) is 13.8 Å². The van der Waals surface area contributed by atoms with Crippen molar-refractivity contribution in [2.75, 3.05) is 13.1 Å². The smallest absolute Gasteiger partial charge is 0.327 e. The minimum absolute atomic E-state index is 0.374. The molecule has 0 saturated carbocycles. The first-order valence-electron chi connectivity index (χ1n) is 5.16. The average molecular weight is 246 g/mol. The molecule has 0 aliphatic rings. The lowest BCUT2D eigenvalue weighted by atomic mass is 10.2. The summed E-state index contributed by atoms with van der Waals surface area (Å²) in [5, 5.41) is 9.62. The number of hydrogen-bond donors (Lipinski definition) is 1. The molecule has 0 aliphatic carbocycles. The van der Waals surface area contributed by atoms with Crippen molar-refractivity contribution in [3.05, 3.63) is 17.2 Å². The van der Waals surface area contributed by atoms with Crippen molar-refractivity contribution in [3.63, 3.8) is 0 Å². The van der Waals surface area contributed by atoms with Gasteiger partial charge in [0.1, 0.15) is 10.8 Å². The second-order valence-corrected chi connectivity index (χ2v) is 3.85. The molecule has 0 fully saturated rings. The van der Waals surface area contributed by atoms with Crippen LogP contribution in [0.15, 0.2) is 6.33 Å². The monoisotopic (exact) mass is 245 g/mol. The van der Waals surface area contributed by atoms with Gasteiger partial charge < -0.3 is 9.67 Å². The van der Waals surface area contributed by atoms with Gasteiger partial charge in [-0.15, -0.1) is 0 Å². The Kier molecular flexibility index (Phi) is 4.32. The summed E-state index contributed by atoms with van der Waals surface area (Å²) >= 11 is 6.02. The van der Waals surface area contributed by atoms with Crippen LogP contribution in [0.1, 0.15) is 25.6 Å². The van der Waals surface area contributed by atoms with Gasteiger partial charge >= 0.3 is 5.97 Å². The van der Waals surface area contributed by atoms with E-state index >= 15 is 0 Å². The number of aliphatic carboxylic acids is 1. The molecule has 0 saturated heterocycles. The molecule has 1 aromatic heterocycles. The van der Waals surface area contributed by atoms with Crippen molar-refractivity contribution < 1.29 is 9.90 Å². The largest absolute Gasteiger partial charge is 0.480 e. The number of carbonyl (C=O) groups is 1. The van der Waals surface area contributed by atoms with Gasteiger partial charge in [-0.2, -0.15) is 0 Å². The van der Waals surface area contributed by atoms with E-state index < -0.39 is 12.0 Å². The highest BCUT2D eigenvalue weighted by Gasteiger charge is 2.30. The Balaban J connectivity index is 3.12. The van der Waals surface area contributed by atoms with Crippen LogP contribution in [0.3, 0.4) is 0 Å². The molecular weight excluding hydrogens is 230 g/mol. The minimum atomic E-state index is -0.927. The summed E-state index contributed by atoms with van der Waals surface area (Å²) in [5.41, 5.74) is 0.403. The molecule has 1 heterocycles. The van der Waals surface area contributed by atoms with E-state index in [0.29, 0.717) is 23.9 Å². The van der Waals surface area contributed by atoms with E-state index in [1.54, 1.807) is 16.5 Å².